The van der Waals surface area contributed by atoms with Gasteiger partial charge in [-0.15, -0.1) is 0 Å². The molecule has 0 aromatic rings. The van der Waals surface area contributed by atoms with Gasteiger partial charge in [0, 0.05) is 6.04 Å². The molecule has 3 nitrogen and oxygen atoms in total. The van der Waals surface area contributed by atoms with Crippen LogP contribution in [0, 0.1) is 11.8 Å². The molecule has 0 saturated heterocycles. The minimum Gasteiger partial charge on any atom is -0.346 e. The number of rotatable bonds is 5. The molecule has 19 heavy (non-hydrogen) atoms. The maximum absolute atomic E-state index is 11.9. The van der Waals surface area contributed by atoms with E-state index in [1.165, 1.54) is 6.42 Å². The lowest BCUT2D eigenvalue weighted by Crippen LogP contribution is -2.46. The summed E-state index contributed by atoms with van der Waals surface area (Å²) in [5, 5.41) is 4.99. The SMILES string of the molecule is CC(C)C1CCCCC1NCC(=O)NCC(F)(F)F. The van der Waals surface area contributed by atoms with Gasteiger partial charge in [-0.2, -0.15) is 13.2 Å². The van der Waals surface area contributed by atoms with Crippen LogP contribution in [0.1, 0.15) is 39.5 Å². The monoisotopic (exact) mass is 280 g/mol. The Kier molecular flexibility index (Phi) is 6.10. The van der Waals surface area contributed by atoms with Gasteiger partial charge in [0.2, 0.25) is 5.91 Å². The summed E-state index contributed by atoms with van der Waals surface area (Å²) < 4.78 is 35.8. The minimum absolute atomic E-state index is 0.0377. The third-order valence-electron chi connectivity index (χ3n) is 3.69. The first kappa shape index (κ1) is 16.3. The normalized spacial score (nSPS) is 24.5. The average molecular weight is 280 g/mol. The number of alkyl halides is 3. The van der Waals surface area contributed by atoms with E-state index in [0.717, 1.165) is 19.3 Å². The lowest BCUT2D eigenvalue weighted by molar-refractivity contribution is -0.138. The van der Waals surface area contributed by atoms with Crippen molar-refractivity contribution in [3.63, 3.8) is 0 Å². The Bertz CT molecular complexity index is 292. The van der Waals surface area contributed by atoms with Crippen LogP contribution in [0.15, 0.2) is 0 Å². The second kappa shape index (κ2) is 7.12. The molecular formula is C13H23F3N2O. The molecule has 0 spiro atoms. The Labute approximate surface area is 112 Å². The summed E-state index contributed by atoms with van der Waals surface area (Å²) in [5.74, 6) is 0.436. The Morgan fingerprint density at radius 2 is 1.89 bits per heavy atom. The molecule has 0 radical (unpaired) electrons. The summed E-state index contributed by atoms with van der Waals surface area (Å²) in [6, 6.07) is 0.241. The van der Waals surface area contributed by atoms with E-state index in [4.69, 9.17) is 0 Å². The molecule has 2 atom stereocenters. The number of hydrogen-bond acceptors (Lipinski definition) is 2. The van der Waals surface area contributed by atoms with E-state index in [2.05, 4.69) is 19.2 Å². The lowest BCUT2D eigenvalue weighted by Gasteiger charge is -2.35. The fourth-order valence-electron chi connectivity index (χ4n) is 2.70. The fraction of sp³-hybridized carbons (Fsp3) is 0.923. The third-order valence-corrected chi connectivity index (χ3v) is 3.69. The molecular weight excluding hydrogens is 257 g/mol. The van der Waals surface area contributed by atoms with Gasteiger partial charge >= 0.3 is 6.18 Å². The molecule has 1 saturated carbocycles. The van der Waals surface area contributed by atoms with Crippen molar-refractivity contribution >= 4 is 5.91 Å². The molecule has 0 aromatic carbocycles. The van der Waals surface area contributed by atoms with E-state index < -0.39 is 18.6 Å². The molecule has 112 valence electrons. The van der Waals surface area contributed by atoms with Crippen LogP contribution in [-0.2, 0) is 4.79 Å². The van der Waals surface area contributed by atoms with Crippen LogP contribution in [0.3, 0.4) is 0 Å². The van der Waals surface area contributed by atoms with E-state index in [0.29, 0.717) is 11.8 Å². The number of halogens is 3. The maximum atomic E-state index is 11.9. The van der Waals surface area contributed by atoms with Crippen molar-refractivity contribution in [2.24, 2.45) is 11.8 Å². The molecule has 1 amide bonds. The van der Waals surface area contributed by atoms with Crippen LogP contribution in [0.25, 0.3) is 0 Å². The molecule has 2 unspecified atom stereocenters. The van der Waals surface area contributed by atoms with E-state index in [-0.39, 0.29) is 12.6 Å². The molecule has 2 N–H and O–H groups in total. The molecule has 1 aliphatic rings. The van der Waals surface area contributed by atoms with Crippen LogP contribution in [0.2, 0.25) is 0 Å². The second-order valence-corrected chi connectivity index (χ2v) is 5.57. The largest absolute Gasteiger partial charge is 0.405 e. The Morgan fingerprint density at radius 1 is 1.26 bits per heavy atom. The fourth-order valence-corrected chi connectivity index (χ4v) is 2.70. The lowest BCUT2D eigenvalue weighted by atomic mass is 9.78. The van der Waals surface area contributed by atoms with Crippen molar-refractivity contribution in [1.29, 1.82) is 0 Å². The molecule has 1 rings (SSSR count). The Balaban J connectivity index is 2.32. The molecule has 6 heteroatoms. The first-order valence-electron chi connectivity index (χ1n) is 6.86. The van der Waals surface area contributed by atoms with Gasteiger partial charge in [-0.3, -0.25) is 4.79 Å². The van der Waals surface area contributed by atoms with E-state index in [9.17, 15) is 18.0 Å². The van der Waals surface area contributed by atoms with Gasteiger partial charge in [-0.1, -0.05) is 26.7 Å². The van der Waals surface area contributed by atoms with Crippen LogP contribution in [0.4, 0.5) is 13.2 Å². The van der Waals surface area contributed by atoms with Crippen molar-refractivity contribution in [3.05, 3.63) is 0 Å². The quantitative estimate of drug-likeness (QED) is 0.812. The maximum Gasteiger partial charge on any atom is 0.405 e. The standard InChI is InChI=1S/C13H23F3N2O/c1-9(2)10-5-3-4-6-11(10)17-7-12(19)18-8-13(14,15)16/h9-11,17H,3-8H2,1-2H3,(H,18,19). The van der Waals surface area contributed by atoms with Crippen molar-refractivity contribution in [2.75, 3.05) is 13.1 Å². The summed E-state index contributed by atoms with van der Waals surface area (Å²) in [6.45, 7) is 3.00. The van der Waals surface area contributed by atoms with Gasteiger partial charge in [-0.25, -0.2) is 0 Å². The number of carbonyl (C=O) groups is 1. The highest BCUT2D eigenvalue weighted by Crippen LogP contribution is 2.29. The zero-order valence-corrected chi connectivity index (χ0v) is 11.5. The van der Waals surface area contributed by atoms with E-state index >= 15 is 0 Å². The molecule has 1 fully saturated rings. The van der Waals surface area contributed by atoms with E-state index in [1.54, 1.807) is 0 Å². The highest BCUT2D eigenvalue weighted by atomic mass is 19.4. The Hall–Kier alpha value is -0.780. The molecule has 0 bridgehead atoms. The highest BCUT2D eigenvalue weighted by Gasteiger charge is 2.29. The van der Waals surface area contributed by atoms with Crippen molar-refractivity contribution in [3.8, 4) is 0 Å². The van der Waals surface area contributed by atoms with Gasteiger partial charge in [-0.05, 0) is 24.7 Å². The number of amides is 1. The summed E-state index contributed by atoms with van der Waals surface area (Å²) >= 11 is 0. The van der Waals surface area contributed by atoms with E-state index in [1.807, 2.05) is 5.32 Å². The summed E-state index contributed by atoms with van der Waals surface area (Å²) in [5.41, 5.74) is 0. The second-order valence-electron chi connectivity index (χ2n) is 5.57. The van der Waals surface area contributed by atoms with Gasteiger partial charge in [0.1, 0.15) is 6.54 Å². The molecule has 0 heterocycles. The zero-order chi connectivity index (χ0) is 14.5. The van der Waals surface area contributed by atoms with Gasteiger partial charge in [0.05, 0.1) is 6.54 Å². The number of nitrogens with one attached hydrogen (secondary N) is 2. The van der Waals surface area contributed by atoms with Crippen LogP contribution in [0.5, 0.6) is 0 Å². The van der Waals surface area contributed by atoms with Crippen molar-refractivity contribution in [2.45, 2.75) is 51.7 Å². The predicted molar refractivity (Wildman–Crippen MR) is 67.7 cm³/mol. The molecule has 1 aliphatic carbocycles. The summed E-state index contributed by atoms with van der Waals surface area (Å²) in [6.07, 6.45) is 0.0855. The van der Waals surface area contributed by atoms with Crippen molar-refractivity contribution < 1.29 is 18.0 Å². The van der Waals surface area contributed by atoms with Crippen molar-refractivity contribution in [1.82, 2.24) is 10.6 Å². The van der Waals surface area contributed by atoms with Crippen LogP contribution >= 0.6 is 0 Å². The highest BCUT2D eigenvalue weighted by molar-refractivity contribution is 5.78. The molecule has 0 aliphatic heterocycles. The summed E-state index contributed by atoms with van der Waals surface area (Å²) in [7, 11) is 0. The smallest absolute Gasteiger partial charge is 0.346 e. The minimum atomic E-state index is -4.35. The van der Waals surface area contributed by atoms with Gasteiger partial charge in [0.25, 0.3) is 0 Å². The summed E-state index contributed by atoms with van der Waals surface area (Å²) in [4.78, 5) is 11.3. The number of carbonyl (C=O) groups excluding carboxylic acids is 1. The third kappa shape index (κ3) is 6.27. The zero-order valence-electron chi connectivity index (χ0n) is 11.5. The van der Waals surface area contributed by atoms with Crippen LogP contribution < -0.4 is 10.6 Å². The predicted octanol–water partition coefficient (Wildman–Crippen LogP) is 2.47. The van der Waals surface area contributed by atoms with Gasteiger partial charge in [0.15, 0.2) is 0 Å². The first-order valence-corrected chi connectivity index (χ1v) is 6.86. The average Bonchev–Trinajstić information content (AvgIpc) is 2.33. The number of hydrogen-bond donors (Lipinski definition) is 2. The first-order chi connectivity index (χ1) is 8.79. The molecule has 0 aromatic heterocycles. The topological polar surface area (TPSA) is 41.1 Å². The van der Waals surface area contributed by atoms with Gasteiger partial charge < -0.3 is 10.6 Å². The van der Waals surface area contributed by atoms with Crippen LogP contribution in [-0.4, -0.2) is 31.2 Å². The Morgan fingerprint density at radius 3 is 2.47 bits per heavy atom.